The fourth-order valence-corrected chi connectivity index (χ4v) is 3.59. The summed E-state index contributed by atoms with van der Waals surface area (Å²) >= 11 is 5.81. The summed E-state index contributed by atoms with van der Waals surface area (Å²) in [5.74, 6) is -4.19. The van der Waals surface area contributed by atoms with Crippen LogP contribution in [0.4, 0.5) is 24.5 Å². The van der Waals surface area contributed by atoms with Crippen LogP contribution in [0.15, 0.2) is 71.8 Å². The van der Waals surface area contributed by atoms with Crippen LogP contribution in [-0.4, -0.2) is 22.0 Å². The zero-order chi connectivity index (χ0) is 26.7. The van der Waals surface area contributed by atoms with E-state index in [0.29, 0.717) is 0 Å². The molecule has 11 heteroatoms. The van der Waals surface area contributed by atoms with E-state index in [1.165, 1.54) is 42.7 Å². The highest BCUT2D eigenvalue weighted by Gasteiger charge is 2.29. The second-order valence-corrected chi connectivity index (χ2v) is 8.37. The summed E-state index contributed by atoms with van der Waals surface area (Å²) in [5.41, 5.74) is -1.84. The molecular weight excluding hydrogens is 511 g/mol. The summed E-state index contributed by atoms with van der Waals surface area (Å²) in [7, 11) is 0. The van der Waals surface area contributed by atoms with Crippen LogP contribution in [0, 0.1) is 17.5 Å². The van der Waals surface area contributed by atoms with Crippen molar-refractivity contribution >= 4 is 28.9 Å². The number of aromatic amines is 1. The van der Waals surface area contributed by atoms with E-state index in [1.807, 2.05) is 0 Å². The van der Waals surface area contributed by atoms with E-state index in [4.69, 9.17) is 21.1 Å². The molecule has 0 spiro atoms. The number of nitrogens with one attached hydrogen (secondary N) is 1. The monoisotopic (exact) mass is 529 g/mol. The standard InChI is InChI=1S/C26H19ClF3N3O4/c1-14(2)36-21-8-10-32-25(34)24(21)26(35)33(16-5-3-15(28)4-6-16)20-12-19(30)22(13-18(20)29)37-17-7-9-31-23(27)11-17/h3-14H,1-2H3,(H,32,34). The number of anilines is 2. The molecule has 0 bridgehead atoms. The summed E-state index contributed by atoms with van der Waals surface area (Å²) in [6.07, 6.45) is 2.21. The minimum absolute atomic E-state index is 0.0296. The van der Waals surface area contributed by atoms with Crippen molar-refractivity contribution in [3.8, 4) is 17.2 Å². The maximum atomic E-state index is 15.4. The van der Waals surface area contributed by atoms with Gasteiger partial charge in [-0.25, -0.2) is 18.2 Å². The van der Waals surface area contributed by atoms with Crippen molar-refractivity contribution in [3.63, 3.8) is 0 Å². The Morgan fingerprint density at radius 1 is 1.00 bits per heavy atom. The normalized spacial score (nSPS) is 10.9. The van der Waals surface area contributed by atoms with Crippen LogP contribution in [0.1, 0.15) is 24.2 Å². The first-order chi connectivity index (χ1) is 17.6. The minimum Gasteiger partial charge on any atom is -0.490 e. The molecule has 4 rings (SSSR count). The van der Waals surface area contributed by atoms with Gasteiger partial charge >= 0.3 is 0 Å². The topological polar surface area (TPSA) is 84.5 Å². The average Bonchev–Trinajstić information content (AvgIpc) is 2.83. The highest BCUT2D eigenvalue weighted by molar-refractivity contribution is 6.29. The summed E-state index contributed by atoms with van der Waals surface area (Å²) in [4.78, 5) is 33.3. The third kappa shape index (κ3) is 5.75. The maximum absolute atomic E-state index is 15.4. The first-order valence-electron chi connectivity index (χ1n) is 10.9. The zero-order valence-electron chi connectivity index (χ0n) is 19.5. The van der Waals surface area contributed by atoms with Crippen LogP contribution < -0.4 is 19.9 Å². The number of aromatic nitrogens is 2. The predicted octanol–water partition coefficient (Wildman–Crippen LogP) is 6.40. The Morgan fingerprint density at radius 3 is 2.41 bits per heavy atom. The lowest BCUT2D eigenvalue weighted by molar-refractivity contribution is 0.0991. The summed E-state index contributed by atoms with van der Waals surface area (Å²) in [6, 6.07) is 9.98. The van der Waals surface area contributed by atoms with Gasteiger partial charge in [0.05, 0.1) is 11.8 Å². The zero-order valence-corrected chi connectivity index (χ0v) is 20.2. The summed E-state index contributed by atoms with van der Waals surface area (Å²) in [5, 5.41) is 0.0792. The van der Waals surface area contributed by atoms with Gasteiger partial charge in [0.1, 0.15) is 28.0 Å². The number of hydrogen-bond donors (Lipinski definition) is 1. The van der Waals surface area contributed by atoms with Gasteiger partial charge < -0.3 is 14.5 Å². The molecule has 7 nitrogen and oxygen atoms in total. The molecule has 0 radical (unpaired) electrons. The smallest absolute Gasteiger partial charge is 0.272 e. The van der Waals surface area contributed by atoms with Crippen molar-refractivity contribution in [2.75, 3.05) is 4.90 Å². The molecule has 0 atom stereocenters. The molecule has 190 valence electrons. The number of nitrogens with zero attached hydrogens (tertiary/aromatic N) is 2. The van der Waals surface area contributed by atoms with E-state index in [9.17, 15) is 14.0 Å². The average molecular weight is 530 g/mol. The van der Waals surface area contributed by atoms with Gasteiger partial charge in [-0.3, -0.25) is 14.5 Å². The highest BCUT2D eigenvalue weighted by Crippen LogP contribution is 2.36. The molecular formula is C26H19ClF3N3O4. The van der Waals surface area contributed by atoms with Crippen molar-refractivity contribution in [2.45, 2.75) is 20.0 Å². The number of hydrogen-bond acceptors (Lipinski definition) is 5. The van der Waals surface area contributed by atoms with Gasteiger partial charge in [0, 0.05) is 36.3 Å². The molecule has 2 heterocycles. The third-order valence-corrected chi connectivity index (χ3v) is 5.16. The Balaban J connectivity index is 1.84. The quantitative estimate of drug-likeness (QED) is 0.280. The molecule has 2 aromatic heterocycles. The SMILES string of the molecule is CC(C)Oc1cc[nH]c(=O)c1C(=O)N(c1ccc(F)cc1)c1cc(F)c(Oc2ccnc(Cl)c2)cc1F. The second kappa shape index (κ2) is 10.8. The fraction of sp³-hybridized carbons (Fsp3) is 0.115. The number of ether oxygens (including phenoxy) is 2. The third-order valence-electron chi connectivity index (χ3n) is 4.96. The lowest BCUT2D eigenvalue weighted by atomic mass is 10.1. The molecule has 0 aliphatic heterocycles. The highest BCUT2D eigenvalue weighted by atomic mass is 35.5. The molecule has 0 unspecified atom stereocenters. The van der Waals surface area contributed by atoms with E-state index in [1.54, 1.807) is 13.8 Å². The van der Waals surface area contributed by atoms with Gasteiger partial charge in [-0.15, -0.1) is 0 Å². The Morgan fingerprint density at radius 2 is 1.73 bits per heavy atom. The first kappa shape index (κ1) is 25.8. The van der Waals surface area contributed by atoms with Crippen molar-refractivity contribution in [3.05, 3.63) is 106 Å². The maximum Gasteiger partial charge on any atom is 0.272 e. The van der Waals surface area contributed by atoms with Crippen LogP contribution in [0.5, 0.6) is 17.2 Å². The van der Waals surface area contributed by atoms with Crippen molar-refractivity contribution < 1.29 is 27.4 Å². The van der Waals surface area contributed by atoms with Crippen LogP contribution >= 0.6 is 11.6 Å². The Hall–Kier alpha value is -4.31. The Labute approximate surface area is 214 Å². The summed E-state index contributed by atoms with van der Waals surface area (Å²) in [6.45, 7) is 3.38. The first-order valence-corrected chi connectivity index (χ1v) is 11.3. The fourth-order valence-electron chi connectivity index (χ4n) is 3.43. The van der Waals surface area contributed by atoms with E-state index in [-0.39, 0.29) is 22.3 Å². The second-order valence-electron chi connectivity index (χ2n) is 7.98. The molecule has 0 saturated carbocycles. The number of amides is 1. The molecule has 0 aliphatic carbocycles. The lowest BCUT2D eigenvalue weighted by Gasteiger charge is -2.25. The van der Waals surface area contributed by atoms with Gasteiger partial charge in [-0.2, -0.15) is 0 Å². The number of rotatable bonds is 7. The van der Waals surface area contributed by atoms with Crippen LogP contribution in [0.25, 0.3) is 0 Å². The molecule has 0 saturated heterocycles. The van der Waals surface area contributed by atoms with E-state index in [0.717, 1.165) is 29.2 Å². The number of halogens is 4. The van der Waals surface area contributed by atoms with Crippen molar-refractivity contribution in [1.29, 1.82) is 0 Å². The number of benzene rings is 2. The Kier molecular flexibility index (Phi) is 7.49. The molecule has 4 aromatic rings. The van der Waals surface area contributed by atoms with E-state index in [2.05, 4.69) is 9.97 Å². The summed E-state index contributed by atoms with van der Waals surface area (Å²) < 4.78 is 55.2. The number of carbonyl (C=O) groups excluding carboxylic acids is 1. The minimum atomic E-state index is -1.06. The van der Waals surface area contributed by atoms with Crippen LogP contribution in [0.3, 0.4) is 0 Å². The van der Waals surface area contributed by atoms with Gasteiger partial charge in [0.25, 0.3) is 11.5 Å². The molecule has 1 amide bonds. The van der Waals surface area contributed by atoms with Crippen LogP contribution in [-0.2, 0) is 0 Å². The number of pyridine rings is 2. The molecule has 0 fully saturated rings. The molecule has 37 heavy (non-hydrogen) atoms. The van der Waals surface area contributed by atoms with Crippen LogP contribution in [0.2, 0.25) is 5.15 Å². The largest absolute Gasteiger partial charge is 0.490 e. The van der Waals surface area contributed by atoms with Crippen molar-refractivity contribution in [2.24, 2.45) is 0 Å². The molecule has 1 N–H and O–H groups in total. The number of carbonyl (C=O) groups is 1. The van der Waals surface area contributed by atoms with E-state index >= 15 is 8.78 Å². The predicted molar refractivity (Wildman–Crippen MR) is 131 cm³/mol. The van der Waals surface area contributed by atoms with Gasteiger partial charge in [0.2, 0.25) is 0 Å². The van der Waals surface area contributed by atoms with Gasteiger partial charge in [-0.05, 0) is 50.2 Å². The van der Waals surface area contributed by atoms with Gasteiger partial charge in [0.15, 0.2) is 17.4 Å². The van der Waals surface area contributed by atoms with Crippen molar-refractivity contribution in [1.82, 2.24) is 9.97 Å². The van der Waals surface area contributed by atoms with E-state index < -0.39 is 52.0 Å². The number of H-pyrrole nitrogens is 1. The molecule has 2 aromatic carbocycles. The Bertz CT molecular complexity index is 1510. The molecule has 0 aliphatic rings. The van der Waals surface area contributed by atoms with Gasteiger partial charge in [-0.1, -0.05) is 11.6 Å². The lowest BCUT2D eigenvalue weighted by Crippen LogP contribution is -2.33.